The Hall–Kier alpha value is -4.26. The fourth-order valence-electron chi connectivity index (χ4n) is 4.40. The molecule has 1 fully saturated rings. The van der Waals surface area contributed by atoms with Crippen LogP contribution in [0.3, 0.4) is 0 Å². The Labute approximate surface area is 218 Å². The summed E-state index contributed by atoms with van der Waals surface area (Å²) in [6.07, 6.45) is -1.28. The third-order valence-corrected chi connectivity index (χ3v) is 6.29. The highest BCUT2D eigenvalue weighted by molar-refractivity contribution is 5.98. The number of pyridine rings is 1. The molecule has 5 rings (SSSR count). The summed E-state index contributed by atoms with van der Waals surface area (Å²) >= 11 is 0. The molecular weight excluding hydrogens is 527 g/mol. The highest BCUT2D eigenvalue weighted by Crippen LogP contribution is 2.30. The van der Waals surface area contributed by atoms with Crippen molar-refractivity contribution in [3.63, 3.8) is 0 Å². The van der Waals surface area contributed by atoms with Gasteiger partial charge in [0.25, 0.3) is 5.91 Å². The van der Waals surface area contributed by atoms with Crippen molar-refractivity contribution >= 4 is 29.7 Å². The number of morpholine rings is 1. The molecule has 0 spiro atoms. The van der Waals surface area contributed by atoms with Crippen LogP contribution in [0.2, 0.25) is 0 Å². The van der Waals surface area contributed by atoms with Crippen LogP contribution in [0.5, 0.6) is 0 Å². The first kappa shape index (κ1) is 26.4. The van der Waals surface area contributed by atoms with Crippen LogP contribution in [-0.2, 0) is 16.0 Å². The van der Waals surface area contributed by atoms with E-state index in [2.05, 4.69) is 15.1 Å². The molecule has 2 aromatic heterocycles. The van der Waals surface area contributed by atoms with Crippen molar-refractivity contribution in [1.29, 1.82) is 0 Å². The van der Waals surface area contributed by atoms with Crippen LogP contribution in [0.1, 0.15) is 27.3 Å². The first-order valence-corrected chi connectivity index (χ1v) is 11.9. The lowest BCUT2D eigenvalue weighted by Gasteiger charge is -2.29. The average Bonchev–Trinajstić information content (AvgIpc) is 3.28. The second kappa shape index (κ2) is 10.5. The molecule has 0 radical (unpaired) electrons. The van der Waals surface area contributed by atoms with Crippen LogP contribution < -0.4 is 15.1 Å². The van der Waals surface area contributed by atoms with Crippen molar-refractivity contribution in [2.75, 3.05) is 37.7 Å². The molecule has 8 nitrogen and oxygen atoms in total. The van der Waals surface area contributed by atoms with E-state index in [1.165, 1.54) is 48.7 Å². The minimum atomic E-state index is -5.26. The number of nitrogens with one attached hydrogen (secondary N) is 1. The normalized spacial score (nSPS) is 15.8. The molecule has 0 atom stereocenters. The summed E-state index contributed by atoms with van der Waals surface area (Å²) in [7, 11) is 0. The molecule has 0 aliphatic carbocycles. The zero-order chi connectivity index (χ0) is 27.7. The van der Waals surface area contributed by atoms with Gasteiger partial charge in [0, 0.05) is 49.1 Å². The summed E-state index contributed by atoms with van der Waals surface area (Å²) in [4.78, 5) is 34.5. The van der Waals surface area contributed by atoms with Gasteiger partial charge in [-0.2, -0.15) is 17.9 Å². The Morgan fingerprint density at radius 3 is 2.49 bits per heavy atom. The predicted molar refractivity (Wildman–Crippen MR) is 130 cm³/mol. The molecule has 3 aromatic rings. The first-order chi connectivity index (χ1) is 18.6. The second-order valence-electron chi connectivity index (χ2n) is 8.79. The maximum Gasteiger partial charge on any atom is 0.493 e. The summed E-state index contributed by atoms with van der Waals surface area (Å²) in [6, 6.07) is 6.63. The Morgan fingerprint density at radius 2 is 1.79 bits per heavy atom. The highest BCUT2D eigenvalue weighted by Gasteiger charge is 2.43. The molecule has 204 valence electrons. The fourth-order valence-corrected chi connectivity index (χ4v) is 4.40. The van der Waals surface area contributed by atoms with Gasteiger partial charge >= 0.3 is 12.1 Å². The van der Waals surface area contributed by atoms with Crippen LogP contribution in [-0.4, -0.2) is 60.6 Å². The van der Waals surface area contributed by atoms with E-state index in [-0.39, 0.29) is 46.7 Å². The van der Waals surface area contributed by atoms with Gasteiger partial charge < -0.3 is 19.8 Å². The van der Waals surface area contributed by atoms with Crippen molar-refractivity contribution in [3.05, 3.63) is 70.7 Å². The number of aromatic nitrogens is 2. The van der Waals surface area contributed by atoms with E-state index < -0.39 is 29.7 Å². The lowest BCUT2D eigenvalue weighted by atomic mass is 10.1. The van der Waals surface area contributed by atoms with Crippen molar-refractivity contribution in [3.8, 4) is 11.3 Å². The molecule has 0 bridgehead atoms. The van der Waals surface area contributed by atoms with Gasteiger partial charge in [0.05, 0.1) is 35.9 Å². The van der Waals surface area contributed by atoms with Crippen LogP contribution >= 0.6 is 0 Å². The summed E-state index contributed by atoms with van der Waals surface area (Å²) in [5, 5.41) is 2.58. The summed E-state index contributed by atoms with van der Waals surface area (Å²) in [6.45, 7) is 2.08. The van der Waals surface area contributed by atoms with Gasteiger partial charge in [-0.05, 0) is 42.5 Å². The predicted octanol–water partition coefficient (Wildman–Crippen LogP) is 3.64. The van der Waals surface area contributed by atoms with Crippen LogP contribution in [0.15, 0.2) is 36.5 Å². The maximum absolute atomic E-state index is 14.8. The number of hydrogen-bond acceptors (Lipinski definition) is 6. The molecule has 39 heavy (non-hydrogen) atoms. The van der Waals surface area contributed by atoms with E-state index in [1.807, 2.05) is 4.90 Å². The number of amides is 1. The number of hydrogen-bond donors (Lipinski definition) is 1. The molecule has 13 heteroatoms. The number of rotatable bonds is 5. The molecule has 2 aliphatic rings. The molecule has 1 amide bonds. The minimum Gasteiger partial charge on any atom is -0.378 e. The summed E-state index contributed by atoms with van der Waals surface area (Å²) in [5.74, 6) is -4.54. The van der Waals surface area contributed by atoms with Gasteiger partial charge in [-0.15, -0.1) is 0 Å². The number of halogens is 5. The standard InChI is InChI=1S/C26H21F5N4O4/c27-20-12-17(34-7-9-38-10-8-34)13-21(28)18(20)2-1-16-11-15(3-5-32-16)23-14-19-22(4-6-33-24(19)36)35(23)39-25(37)26(29,30)31/h1-3,5,11-14H,4,6-10H2,(H,33,36). The molecular formula is C26H21F5N4O4. The van der Waals surface area contributed by atoms with Gasteiger partial charge in [0.1, 0.15) is 11.6 Å². The molecule has 2 aliphatic heterocycles. The van der Waals surface area contributed by atoms with Crippen LogP contribution in [0.25, 0.3) is 23.4 Å². The van der Waals surface area contributed by atoms with Crippen molar-refractivity contribution < 1.29 is 41.1 Å². The minimum absolute atomic E-state index is 0.000995. The molecule has 1 N–H and O–H groups in total. The van der Waals surface area contributed by atoms with Gasteiger partial charge in [-0.3, -0.25) is 9.78 Å². The van der Waals surface area contributed by atoms with Crippen molar-refractivity contribution in [1.82, 2.24) is 15.0 Å². The van der Waals surface area contributed by atoms with E-state index in [0.717, 1.165) is 0 Å². The van der Waals surface area contributed by atoms with Gasteiger partial charge in [0.15, 0.2) is 0 Å². The topological polar surface area (TPSA) is 85.7 Å². The fraction of sp³-hybridized carbons (Fsp3) is 0.269. The molecule has 4 heterocycles. The monoisotopic (exact) mass is 548 g/mol. The third-order valence-electron chi connectivity index (χ3n) is 6.29. The highest BCUT2D eigenvalue weighted by atomic mass is 19.4. The third kappa shape index (κ3) is 5.48. The Bertz CT molecular complexity index is 1440. The number of carbonyl (C=O) groups excluding carboxylic acids is 2. The summed E-state index contributed by atoms with van der Waals surface area (Å²) < 4.78 is 74.4. The number of benzene rings is 1. The number of alkyl halides is 3. The van der Waals surface area contributed by atoms with E-state index in [9.17, 15) is 31.5 Å². The number of fused-ring (bicyclic) bond motifs is 1. The zero-order valence-corrected chi connectivity index (χ0v) is 20.2. The number of anilines is 1. The smallest absolute Gasteiger partial charge is 0.378 e. The van der Waals surface area contributed by atoms with Crippen LogP contribution in [0.4, 0.5) is 27.6 Å². The Kier molecular flexibility index (Phi) is 7.08. The second-order valence-corrected chi connectivity index (χ2v) is 8.79. The van der Waals surface area contributed by atoms with Crippen molar-refractivity contribution in [2.24, 2.45) is 0 Å². The number of ether oxygens (including phenoxy) is 1. The Balaban J connectivity index is 1.46. The van der Waals surface area contributed by atoms with E-state index in [1.54, 1.807) is 0 Å². The average molecular weight is 548 g/mol. The molecule has 0 unspecified atom stereocenters. The van der Waals surface area contributed by atoms with Crippen LogP contribution in [0, 0.1) is 11.6 Å². The van der Waals surface area contributed by atoms with Gasteiger partial charge in [-0.1, -0.05) is 0 Å². The lowest BCUT2D eigenvalue weighted by molar-refractivity contribution is -0.199. The quantitative estimate of drug-likeness (QED) is 0.491. The molecule has 0 saturated carbocycles. The Morgan fingerprint density at radius 1 is 1.08 bits per heavy atom. The first-order valence-electron chi connectivity index (χ1n) is 11.9. The van der Waals surface area contributed by atoms with Gasteiger partial charge in [0.2, 0.25) is 0 Å². The van der Waals surface area contributed by atoms with E-state index >= 15 is 0 Å². The maximum atomic E-state index is 14.8. The molecule has 1 saturated heterocycles. The van der Waals surface area contributed by atoms with Crippen molar-refractivity contribution in [2.45, 2.75) is 12.6 Å². The zero-order valence-electron chi connectivity index (χ0n) is 20.2. The largest absolute Gasteiger partial charge is 0.493 e. The number of nitrogens with zero attached hydrogens (tertiary/aromatic N) is 3. The molecule has 1 aromatic carbocycles. The van der Waals surface area contributed by atoms with E-state index in [0.29, 0.717) is 36.7 Å². The van der Waals surface area contributed by atoms with E-state index in [4.69, 9.17) is 4.74 Å². The SMILES string of the molecule is O=C1NCCc2c1cc(-c1ccnc(C=Cc3c(F)cc(N4CCOCC4)cc3F)c1)n2OC(=O)C(F)(F)F. The van der Waals surface area contributed by atoms with Gasteiger partial charge in [-0.25, -0.2) is 13.6 Å². The number of carbonyl (C=O) groups is 2. The lowest BCUT2D eigenvalue weighted by Crippen LogP contribution is -2.37. The summed E-state index contributed by atoms with van der Waals surface area (Å²) in [5.41, 5.74) is 0.723.